The smallest absolute Gasteiger partial charge is 0.258 e. The minimum Gasteiger partial charge on any atom is -0.370 e. The van der Waals surface area contributed by atoms with Gasteiger partial charge in [0.1, 0.15) is 5.82 Å². The van der Waals surface area contributed by atoms with Crippen molar-refractivity contribution in [3.05, 3.63) is 86.6 Å². The molecule has 0 unspecified atom stereocenters. The van der Waals surface area contributed by atoms with Gasteiger partial charge in [-0.2, -0.15) is 0 Å². The number of piperidine rings is 1. The third-order valence-corrected chi connectivity index (χ3v) is 6.66. The van der Waals surface area contributed by atoms with E-state index in [0.29, 0.717) is 16.5 Å². The predicted octanol–water partition coefficient (Wildman–Crippen LogP) is 5.73. The molecular formula is C27H32ClN3O2. The van der Waals surface area contributed by atoms with Gasteiger partial charge in [0.05, 0.1) is 28.1 Å². The van der Waals surface area contributed by atoms with Crippen molar-refractivity contribution in [1.82, 2.24) is 9.55 Å². The van der Waals surface area contributed by atoms with Crippen LogP contribution in [0.25, 0.3) is 5.69 Å². The molecule has 1 aliphatic heterocycles. The molecule has 1 saturated heterocycles. The number of ether oxygens (including phenoxy) is 1. The zero-order valence-corrected chi connectivity index (χ0v) is 20.8. The zero-order chi connectivity index (χ0) is 23.8. The summed E-state index contributed by atoms with van der Waals surface area (Å²) in [5.41, 5.74) is 4.46. The fourth-order valence-corrected chi connectivity index (χ4v) is 4.96. The molecule has 0 amide bonds. The van der Waals surface area contributed by atoms with Gasteiger partial charge in [-0.3, -0.25) is 9.36 Å². The third kappa shape index (κ3) is 5.15. The van der Waals surface area contributed by atoms with Gasteiger partial charge in [0.15, 0.2) is 0 Å². The summed E-state index contributed by atoms with van der Waals surface area (Å²) in [6.07, 6.45) is 2.08. The maximum atomic E-state index is 12.5. The number of benzene rings is 2. The van der Waals surface area contributed by atoms with Crippen LogP contribution in [0.5, 0.6) is 0 Å². The lowest BCUT2D eigenvalue weighted by molar-refractivity contribution is -0.0843. The first-order valence-electron chi connectivity index (χ1n) is 11.5. The van der Waals surface area contributed by atoms with Crippen molar-refractivity contribution in [2.45, 2.75) is 59.2 Å². The third-order valence-electron chi connectivity index (χ3n) is 6.36. The Morgan fingerprint density at radius 3 is 2.39 bits per heavy atom. The van der Waals surface area contributed by atoms with Crippen LogP contribution < -0.4 is 10.5 Å². The summed E-state index contributed by atoms with van der Waals surface area (Å²) in [6, 6.07) is 15.9. The van der Waals surface area contributed by atoms with E-state index < -0.39 is 0 Å². The number of aromatic nitrogens is 2. The van der Waals surface area contributed by atoms with E-state index in [1.807, 2.05) is 32.0 Å². The molecule has 174 valence electrons. The van der Waals surface area contributed by atoms with Crippen LogP contribution in [0.1, 0.15) is 49.3 Å². The van der Waals surface area contributed by atoms with Gasteiger partial charge in [0.2, 0.25) is 0 Å². The van der Waals surface area contributed by atoms with Crippen LogP contribution in [0, 0.1) is 20.8 Å². The van der Waals surface area contributed by atoms with Gasteiger partial charge < -0.3 is 9.64 Å². The highest BCUT2D eigenvalue weighted by Gasteiger charge is 2.29. The van der Waals surface area contributed by atoms with E-state index in [9.17, 15) is 4.79 Å². The summed E-state index contributed by atoms with van der Waals surface area (Å²) in [5, 5.41) is 0.638. The van der Waals surface area contributed by atoms with Crippen LogP contribution in [0.4, 0.5) is 5.69 Å². The molecular weight excluding hydrogens is 434 g/mol. The summed E-state index contributed by atoms with van der Waals surface area (Å²) in [6.45, 7) is 11.8. The highest BCUT2D eigenvalue weighted by molar-refractivity contribution is 6.33. The molecule has 6 heteroatoms. The van der Waals surface area contributed by atoms with E-state index in [1.54, 1.807) is 4.57 Å². The van der Waals surface area contributed by atoms with Crippen molar-refractivity contribution < 1.29 is 4.74 Å². The molecule has 0 N–H and O–H groups in total. The van der Waals surface area contributed by atoms with Crippen molar-refractivity contribution in [3.63, 3.8) is 0 Å². The molecule has 1 aliphatic rings. The number of anilines is 1. The molecule has 1 fully saturated rings. The first kappa shape index (κ1) is 23.5. The number of aryl methyl sites for hydroxylation is 3. The second-order valence-corrected chi connectivity index (χ2v) is 9.85. The summed E-state index contributed by atoms with van der Waals surface area (Å²) in [7, 11) is 0. The Morgan fingerprint density at radius 1 is 1.03 bits per heavy atom. The molecule has 0 aliphatic carbocycles. The van der Waals surface area contributed by atoms with E-state index in [1.165, 1.54) is 17.2 Å². The van der Waals surface area contributed by atoms with Crippen molar-refractivity contribution in [1.29, 1.82) is 0 Å². The minimum absolute atomic E-state index is 0.0991. The van der Waals surface area contributed by atoms with Crippen molar-refractivity contribution >= 4 is 17.3 Å². The Bertz CT molecular complexity index is 1210. The number of halogens is 1. The van der Waals surface area contributed by atoms with Crippen LogP contribution >= 0.6 is 11.6 Å². The first-order chi connectivity index (χ1) is 15.6. The van der Waals surface area contributed by atoms with Crippen LogP contribution in [0.15, 0.2) is 53.3 Å². The molecule has 2 aromatic carbocycles. The number of hydrogen-bond acceptors (Lipinski definition) is 4. The zero-order valence-electron chi connectivity index (χ0n) is 20.1. The van der Waals surface area contributed by atoms with Gasteiger partial charge in [-0.25, -0.2) is 4.98 Å². The molecule has 0 radical (unpaired) electrons. The Hall–Kier alpha value is -2.63. The molecule has 1 aromatic heterocycles. The standard InChI is InChI=1S/C27H32ClN3O2/c1-18-7-6-8-21(15-18)27(4,5)33-23-11-13-30(14-12-23)25-10-9-22(17-24(25)28)31-20(3)29-19(2)16-26(31)32/h6-10,15-17,23H,11-14H2,1-5H3. The lowest BCUT2D eigenvalue weighted by Gasteiger charge is -2.38. The highest BCUT2D eigenvalue weighted by Crippen LogP contribution is 2.33. The van der Waals surface area contributed by atoms with Gasteiger partial charge in [0, 0.05) is 24.8 Å². The van der Waals surface area contributed by atoms with E-state index in [4.69, 9.17) is 16.3 Å². The predicted molar refractivity (Wildman–Crippen MR) is 135 cm³/mol. The largest absolute Gasteiger partial charge is 0.370 e. The Kier molecular flexibility index (Phi) is 6.64. The molecule has 33 heavy (non-hydrogen) atoms. The fraction of sp³-hybridized carbons (Fsp3) is 0.407. The van der Waals surface area contributed by atoms with E-state index >= 15 is 0 Å². The summed E-state index contributed by atoms with van der Waals surface area (Å²) in [4.78, 5) is 19.2. The van der Waals surface area contributed by atoms with Crippen LogP contribution in [0.2, 0.25) is 5.02 Å². The maximum Gasteiger partial charge on any atom is 0.258 e. The van der Waals surface area contributed by atoms with Gasteiger partial charge in [0.25, 0.3) is 5.56 Å². The van der Waals surface area contributed by atoms with E-state index in [2.05, 4.69) is 54.9 Å². The van der Waals surface area contributed by atoms with Crippen LogP contribution in [0.3, 0.4) is 0 Å². The lowest BCUT2D eigenvalue weighted by atomic mass is 9.95. The summed E-state index contributed by atoms with van der Waals surface area (Å²) >= 11 is 6.68. The molecule has 0 saturated carbocycles. The van der Waals surface area contributed by atoms with Crippen molar-refractivity contribution in [2.24, 2.45) is 0 Å². The van der Waals surface area contributed by atoms with Gasteiger partial charge in [-0.1, -0.05) is 41.4 Å². The maximum absolute atomic E-state index is 12.5. The number of rotatable bonds is 5. The van der Waals surface area contributed by atoms with Gasteiger partial charge >= 0.3 is 0 Å². The SMILES string of the molecule is Cc1cccc(C(C)(C)OC2CCN(c3ccc(-n4c(C)nc(C)cc4=O)cc3Cl)CC2)c1. The molecule has 3 aromatic rings. The Labute approximate surface area is 201 Å². The van der Waals surface area contributed by atoms with Crippen molar-refractivity contribution in [3.8, 4) is 5.69 Å². The monoisotopic (exact) mass is 465 g/mol. The lowest BCUT2D eigenvalue weighted by Crippen LogP contribution is -2.40. The molecule has 0 bridgehead atoms. The summed E-state index contributed by atoms with van der Waals surface area (Å²) in [5.74, 6) is 0.651. The molecule has 0 atom stereocenters. The van der Waals surface area contributed by atoms with Crippen molar-refractivity contribution in [2.75, 3.05) is 18.0 Å². The van der Waals surface area contributed by atoms with Gasteiger partial charge in [-0.05, 0) is 71.2 Å². The Balaban J connectivity index is 1.45. The molecule has 5 nitrogen and oxygen atoms in total. The minimum atomic E-state index is -0.328. The quantitative estimate of drug-likeness (QED) is 0.482. The average molecular weight is 466 g/mol. The Morgan fingerprint density at radius 2 is 1.76 bits per heavy atom. The van der Waals surface area contributed by atoms with Crippen LogP contribution in [-0.4, -0.2) is 28.7 Å². The topological polar surface area (TPSA) is 47.4 Å². The van der Waals surface area contributed by atoms with E-state index in [0.717, 1.165) is 37.3 Å². The summed E-state index contributed by atoms with van der Waals surface area (Å²) < 4.78 is 8.14. The fourth-order valence-electron chi connectivity index (χ4n) is 4.66. The molecule has 0 spiro atoms. The van der Waals surface area contributed by atoms with Gasteiger partial charge in [-0.15, -0.1) is 0 Å². The number of nitrogens with zero attached hydrogens (tertiary/aromatic N) is 3. The number of hydrogen-bond donors (Lipinski definition) is 0. The highest BCUT2D eigenvalue weighted by atomic mass is 35.5. The normalized spacial score (nSPS) is 15.2. The second-order valence-electron chi connectivity index (χ2n) is 9.44. The second kappa shape index (κ2) is 9.32. The first-order valence-corrected chi connectivity index (χ1v) is 11.9. The molecule has 4 rings (SSSR count). The average Bonchev–Trinajstić information content (AvgIpc) is 2.74. The van der Waals surface area contributed by atoms with E-state index in [-0.39, 0.29) is 17.3 Å². The van der Waals surface area contributed by atoms with Crippen LogP contribution in [-0.2, 0) is 10.3 Å². The molecule has 2 heterocycles.